The molecule has 2 N–H and O–H groups in total. The number of hydrogen-bond acceptors (Lipinski definition) is 4. The highest BCUT2D eigenvalue weighted by Crippen LogP contribution is 2.13. The number of nitro benzene ring substituents is 1. The van der Waals surface area contributed by atoms with E-state index in [-0.39, 0.29) is 23.0 Å². The largest absolute Gasteiger partial charge is 0.329 e. The molecular weight excluding hydrogens is 314 g/mol. The smallest absolute Gasteiger partial charge is 0.269 e. The third kappa shape index (κ3) is 6.36. The van der Waals surface area contributed by atoms with Crippen LogP contribution in [0.4, 0.5) is 5.69 Å². The monoisotopic (exact) mass is 335 g/mol. The topological polar surface area (TPSA) is 72.4 Å². The van der Waals surface area contributed by atoms with Crippen molar-refractivity contribution in [2.75, 3.05) is 19.6 Å². The molecule has 2 rings (SSSR count). The third-order valence-electron chi connectivity index (χ3n) is 3.56. The van der Waals surface area contributed by atoms with E-state index in [9.17, 15) is 10.1 Å². The van der Waals surface area contributed by atoms with Crippen LogP contribution < -0.4 is 5.73 Å². The molecule has 2 aromatic carbocycles. The second-order valence-electron chi connectivity index (χ2n) is 5.22. The van der Waals surface area contributed by atoms with Crippen LogP contribution in [0, 0.1) is 10.1 Å². The molecule has 5 nitrogen and oxygen atoms in total. The Labute approximate surface area is 142 Å². The molecule has 0 aromatic heterocycles. The Balaban J connectivity index is 0.00000264. The molecule has 0 aliphatic heterocycles. The lowest BCUT2D eigenvalue weighted by Gasteiger charge is -2.21. The van der Waals surface area contributed by atoms with Crippen molar-refractivity contribution in [3.63, 3.8) is 0 Å². The van der Waals surface area contributed by atoms with Crippen molar-refractivity contribution >= 4 is 18.1 Å². The van der Waals surface area contributed by atoms with Gasteiger partial charge in [0.05, 0.1) is 4.92 Å². The highest BCUT2D eigenvalue weighted by Gasteiger charge is 2.07. The summed E-state index contributed by atoms with van der Waals surface area (Å²) >= 11 is 0. The Morgan fingerprint density at radius 1 is 0.957 bits per heavy atom. The van der Waals surface area contributed by atoms with Crippen LogP contribution in [0.1, 0.15) is 11.1 Å². The predicted octanol–water partition coefficient (Wildman–Crippen LogP) is 3.02. The fraction of sp³-hybridized carbons (Fsp3) is 0.294. The van der Waals surface area contributed by atoms with E-state index in [0.717, 1.165) is 31.6 Å². The van der Waals surface area contributed by atoms with E-state index in [1.807, 2.05) is 30.3 Å². The first-order chi connectivity index (χ1) is 10.7. The molecular formula is C17H22ClN3O2. The molecule has 124 valence electrons. The maximum Gasteiger partial charge on any atom is 0.269 e. The molecule has 0 aliphatic carbocycles. The van der Waals surface area contributed by atoms with E-state index in [2.05, 4.69) is 17.0 Å². The molecule has 0 saturated carbocycles. The number of rotatable bonds is 8. The fourth-order valence-electron chi connectivity index (χ4n) is 2.37. The van der Waals surface area contributed by atoms with Gasteiger partial charge in [0.2, 0.25) is 0 Å². The molecule has 0 spiro atoms. The molecule has 0 amide bonds. The molecule has 0 heterocycles. The van der Waals surface area contributed by atoms with E-state index < -0.39 is 0 Å². The SMILES string of the molecule is Cl.NCCN(CCc1ccc([N+](=O)[O-])cc1)Cc1ccccc1. The maximum absolute atomic E-state index is 10.7. The van der Waals surface area contributed by atoms with Gasteiger partial charge in [0.25, 0.3) is 5.69 Å². The lowest BCUT2D eigenvalue weighted by Crippen LogP contribution is -2.31. The number of nitrogens with two attached hydrogens (primary N) is 1. The van der Waals surface area contributed by atoms with Gasteiger partial charge in [-0.3, -0.25) is 15.0 Å². The number of benzene rings is 2. The van der Waals surface area contributed by atoms with Gasteiger partial charge in [0.1, 0.15) is 0 Å². The van der Waals surface area contributed by atoms with Crippen molar-refractivity contribution in [3.05, 3.63) is 75.8 Å². The van der Waals surface area contributed by atoms with Crippen molar-refractivity contribution < 1.29 is 4.92 Å². The summed E-state index contributed by atoms with van der Waals surface area (Å²) in [6.45, 7) is 3.20. The fourth-order valence-corrected chi connectivity index (χ4v) is 2.37. The third-order valence-corrected chi connectivity index (χ3v) is 3.56. The van der Waals surface area contributed by atoms with E-state index in [0.29, 0.717) is 6.54 Å². The standard InChI is InChI=1S/C17H21N3O2.ClH/c18-11-13-19(14-16-4-2-1-3-5-16)12-10-15-6-8-17(9-7-15)20(21)22;/h1-9H,10-14,18H2;1H. The summed E-state index contributed by atoms with van der Waals surface area (Å²) in [6, 6.07) is 17.0. The minimum absolute atomic E-state index is 0. The van der Waals surface area contributed by atoms with Gasteiger partial charge in [-0.2, -0.15) is 0 Å². The summed E-state index contributed by atoms with van der Waals surface area (Å²) < 4.78 is 0. The average molecular weight is 336 g/mol. The summed E-state index contributed by atoms with van der Waals surface area (Å²) in [5, 5.41) is 10.7. The van der Waals surface area contributed by atoms with Gasteiger partial charge in [0, 0.05) is 38.3 Å². The van der Waals surface area contributed by atoms with Crippen molar-refractivity contribution in [2.24, 2.45) is 5.73 Å². The minimum Gasteiger partial charge on any atom is -0.329 e. The zero-order valence-electron chi connectivity index (χ0n) is 12.9. The van der Waals surface area contributed by atoms with E-state index in [1.54, 1.807) is 12.1 Å². The highest BCUT2D eigenvalue weighted by atomic mass is 35.5. The number of hydrogen-bond donors (Lipinski definition) is 1. The molecule has 0 saturated heterocycles. The maximum atomic E-state index is 10.7. The van der Waals surface area contributed by atoms with Crippen LogP contribution in [0.3, 0.4) is 0 Å². The molecule has 0 atom stereocenters. The summed E-state index contributed by atoms with van der Waals surface area (Å²) in [5.41, 5.74) is 8.18. The van der Waals surface area contributed by atoms with Crippen molar-refractivity contribution in [1.82, 2.24) is 4.90 Å². The number of nitrogens with zero attached hydrogens (tertiary/aromatic N) is 2. The normalized spacial score (nSPS) is 10.3. The van der Waals surface area contributed by atoms with Crippen LogP contribution in [0.25, 0.3) is 0 Å². The summed E-state index contributed by atoms with van der Waals surface area (Å²) in [4.78, 5) is 12.6. The first kappa shape index (κ1) is 19.1. The molecule has 2 aromatic rings. The van der Waals surface area contributed by atoms with Crippen LogP contribution >= 0.6 is 12.4 Å². The Morgan fingerprint density at radius 3 is 2.17 bits per heavy atom. The van der Waals surface area contributed by atoms with Crippen molar-refractivity contribution in [1.29, 1.82) is 0 Å². The Kier molecular flexibility index (Phi) is 8.26. The zero-order chi connectivity index (χ0) is 15.8. The van der Waals surface area contributed by atoms with Gasteiger partial charge in [-0.1, -0.05) is 42.5 Å². The van der Waals surface area contributed by atoms with Crippen LogP contribution in [0.15, 0.2) is 54.6 Å². The summed E-state index contributed by atoms with van der Waals surface area (Å²) in [5.74, 6) is 0. The van der Waals surface area contributed by atoms with Crippen LogP contribution in [0.5, 0.6) is 0 Å². The van der Waals surface area contributed by atoms with Gasteiger partial charge in [-0.05, 0) is 17.5 Å². The van der Waals surface area contributed by atoms with Crippen molar-refractivity contribution in [2.45, 2.75) is 13.0 Å². The second kappa shape index (κ2) is 9.94. The van der Waals surface area contributed by atoms with E-state index >= 15 is 0 Å². The number of halogens is 1. The molecule has 0 aliphatic rings. The van der Waals surface area contributed by atoms with E-state index in [1.165, 1.54) is 5.56 Å². The first-order valence-electron chi connectivity index (χ1n) is 7.38. The molecule has 23 heavy (non-hydrogen) atoms. The molecule has 0 unspecified atom stereocenters. The molecule has 6 heteroatoms. The first-order valence-corrected chi connectivity index (χ1v) is 7.38. The summed E-state index contributed by atoms with van der Waals surface area (Å²) in [7, 11) is 0. The molecule has 0 radical (unpaired) electrons. The number of nitro groups is 1. The van der Waals surface area contributed by atoms with Gasteiger partial charge < -0.3 is 5.73 Å². The molecule has 0 fully saturated rings. The Hall–Kier alpha value is -1.95. The molecule has 0 bridgehead atoms. The number of non-ortho nitro benzene ring substituents is 1. The van der Waals surface area contributed by atoms with Gasteiger partial charge >= 0.3 is 0 Å². The van der Waals surface area contributed by atoms with Gasteiger partial charge in [-0.25, -0.2) is 0 Å². The quantitative estimate of drug-likeness (QED) is 0.594. The average Bonchev–Trinajstić information content (AvgIpc) is 2.54. The van der Waals surface area contributed by atoms with Crippen LogP contribution in [0.2, 0.25) is 0 Å². The summed E-state index contributed by atoms with van der Waals surface area (Å²) in [6.07, 6.45) is 0.852. The lowest BCUT2D eigenvalue weighted by molar-refractivity contribution is -0.384. The predicted molar refractivity (Wildman–Crippen MR) is 94.8 cm³/mol. The lowest BCUT2D eigenvalue weighted by atomic mass is 10.1. The van der Waals surface area contributed by atoms with Crippen LogP contribution in [-0.2, 0) is 13.0 Å². The minimum atomic E-state index is -0.375. The Bertz CT molecular complexity index is 591. The van der Waals surface area contributed by atoms with Crippen molar-refractivity contribution in [3.8, 4) is 0 Å². The van der Waals surface area contributed by atoms with Gasteiger partial charge in [-0.15, -0.1) is 12.4 Å². The van der Waals surface area contributed by atoms with Crippen LogP contribution in [-0.4, -0.2) is 29.5 Å². The Morgan fingerprint density at radius 2 is 1.61 bits per heavy atom. The van der Waals surface area contributed by atoms with E-state index in [4.69, 9.17) is 5.73 Å². The van der Waals surface area contributed by atoms with Gasteiger partial charge in [0.15, 0.2) is 0 Å². The second-order valence-corrected chi connectivity index (χ2v) is 5.22. The zero-order valence-corrected chi connectivity index (χ0v) is 13.7. The highest BCUT2D eigenvalue weighted by molar-refractivity contribution is 5.85.